The molecule has 146 valence electrons. The van der Waals surface area contributed by atoms with Gasteiger partial charge in [0, 0.05) is 0 Å². The minimum Gasteiger partial charge on any atom is -0.451 e. The molecule has 0 spiro atoms. The quantitative estimate of drug-likeness (QED) is 0.555. The summed E-state index contributed by atoms with van der Waals surface area (Å²) < 4.78 is 18.5. The molecule has 1 aliphatic rings. The number of esters is 1. The Labute approximate surface area is 156 Å². The van der Waals surface area contributed by atoms with Gasteiger partial charge in [-0.1, -0.05) is 26.0 Å². The molecule has 27 heavy (non-hydrogen) atoms. The van der Waals surface area contributed by atoms with Gasteiger partial charge in [-0.3, -0.25) is 19.3 Å². The molecule has 1 aliphatic heterocycles. The summed E-state index contributed by atoms with van der Waals surface area (Å²) in [5.41, 5.74) is -1.07. The molecule has 2 rings (SSSR count). The highest BCUT2D eigenvalue weighted by Gasteiger charge is 2.49. The van der Waals surface area contributed by atoms with Crippen LogP contribution in [0.2, 0.25) is 0 Å². The molecule has 0 radical (unpaired) electrons. The Morgan fingerprint density at radius 3 is 2.44 bits per heavy atom. The molecule has 2 N–H and O–H groups in total. The third kappa shape index (κ3) is 4.24. The van der Waals surface area contributed by atoms with Crippen LogP contribution >= 0.6 is 0 Å². The summed E-state index contributed by atoms with van der Waals surface area (Å²) in [6, 6.07) is 4.88. The predicted molar refractivity (Wildman–Crippen MR) is 94.1 cm³/mol. The molecular weight excluding hydrogens is 357 g/mol. The van der Waals surface area contributed by atoms with Crippen LogP contribution in [0.5, 0.6) is 0 Å². The van der Waals surface area contributed by atoms with Crippen molar-refractivity contribution < 1.29 is 28.3 Å². The van der Waals surface area contributed by atoms with Crippen LogP contribution in [-0.4, -0.2) is 46.9 Å². The average molecular weight is 379 g/mol. The Morgan fingerprint density at radius 1 is 1.26 bits per heavy atom. The van der Waals surface area contributed by atoms with Gasteiger partial charge >= 0.3 is 12.0 Å². The highest BCUT2D eigenvalue weighted by atomic mass is 19.1. The number of benzene rings is 1. The zero-order valence-electron chi connectivity index (χ0n) is 15.4. The maximum Gasteiger partial charge on any atom is 0.327 e. The lowest BCUT2D eigenvalue weighted by molar-refractivity contribution is -0.155. The van der Waals surface area contributed by atoms with Gasteiger partial charge in [0.15, 0.2) is 6.10 Å². The molecule has 1 aromatic carbocycles. The summed E-state index contributed by atoms with van der Waals surface area (Å²) in [4.78, 5) is 49.3. The zero-order valence-corrected chi connectivity index (χ0v) is 15.4. The zero-order chi connectivity index (χ0) is 20.2. The largest absolute Gasteiger partial charge is 0.451 e. The monoisotopic (exact) mass is 379 g/mol. The Hall–Kier alpha value is -2.97. The molecule has 0 aliphatic carbocycles. The molecule has 0 saturated carbocycles. The highest BCUT2D eigenvalue weighted by Crippen LogP contribution is 2.24. The van der Waals surface area contributed by atoms with Gasteiger partial charge in [-0.25, -0.2) is 9.18 Å². The van der Waals surface area contributed by atoms with E-state index < -0.39 is 47.8 Å². The summed E-state index contributed by atoms with van der Waals surface area (Å²) in [5.74, 6) is -2.78. The van der Waals surface area contributed by atoms with Crippen LogP contribution in [0.4, 0.5) is 14.9 Å². The van der Waals surface area contributed by atoms with Crippen LogP contribution in [0.1, 0.15) is 33.6 Å². The van der Waals surface area contributed by atoms with Gasteiger partial charge in [0.05, 0.1) is 5.69 Å². The number of anilines is 1. The van der Waals surface area contributed by atoms with E-state index in [1.807, 2.05) is 0 Å². The molecule has 9 heteroatoms. The summed E-state index contributed by atoms with van der Waals surface area (Å²) in [6.07, 6.45) is -0.456. The molecule has 1 aromatic rings. The van der Waals surface area contributed by atoms with E-state index in [9.17, 15) is 23.6 Å². The van der Waals surface area contributed by atoms with E-state index in [2.05, 4.69) is 10.6 Å². The number of nitrogens with zero attached hydrogens (tertiary/aromatic N) is 1. The number of urea groups is 1. The first-order chi connectivity index (χ1) is 12.7. The third-order valence-corrected chi connectivity index (χ3v) is 4.55. The molecule has 1 fully saturated rings. The fraction of sp³-hybridized carbons (Fsp3) is 0.444. The number of hydrogen-bond acceptors (Lipinski definition) is 5. The van der Waals surface area contributed by atoms with Crippen LogP contribution < -0.4 is 10.6 Å². The number of carbonyl (C=O) groups excluding carboxylic acids is 4. The molecule has 0 unspecified atom stereocenters. The molecule has 0 bridgehead atoms. The van der Waals surface area contributed by atoms with Crippen LogP contribution in [0, 0.1) is 5.82 Å². The predicted octanol–water partition coefficient (Wildman–Crippen LogP) is 1.81. The van der Waals surface area contributed by atoms with Crippen molar-refractivity contribution in [1.29, 1.82) is 0 Å². The van der Waals surface area contributed by atoms with E-state index in [-0.39, 0.29) is 5.69 Å². The highest BCUT2D eigenvalue weighted by molar-refractivity contribution is 6.08. The lowest BCUT2D eigenvalue weighted by Gasteiger charge is -2.23. The molecule has 4 amide bonds. The summed E-state index contributed by atoms with van der Waals surface area (Å²) in [7, 11) is 0. The molecule has 0 aromatic heterocycles. The average Bonchev–Trinajstić information content (AvgIpc) is 2.88. The van der Waals surface area contributed by atoms with Gasteiger partial charge in [-0.15, -0.1) is 0 Å². The summed E-state index contributed by atoms with van der Waals surface area (Å²) in [5, 5.41) is 4.90. The SMILES string of the molecule is CCC1(CC)NC(=O)N(CC(=O)O[C@H](C)C(=O)Nc2ccccc2F)C1=O. The van der Waals surface area contributed by atoms with Crippen molar-refractivity contribution >= 4 is 29.5 Å². The maximum absolute atomic E-state index is 13.6. The normalized spacial score (nSPS) is 16.7. The fourth-order valence-electron chi connectivity index (χ4n) is 2.76. The van der Waals surface area contributed by atoms with E-state index in [4.69, 9.17) is 4.74 Å². The number of hydrogen-bond donors (Lipinski definition) is 2. The van der Waals surface area contributed by atoms with Crippen molar-refractivity contribution in [3.8, 4) is 0 Å². The maximum atomic E-state index is 13.6. The van der Waals surface area contributed by atoms with Gasteiger partial charge in [0.2, 0.25) is 0 Å². The first kappa shape index (κ1) is 20.3. The second kappa shape index (κ2) is 8.15. The van der Waals surface area contributed by atoms with Crippen molar-refractivity contribution in [3.05, 3.63) is 30.1 Å². The fourth-order valence-corrected chi connectivity index (χ4v) is 2.76. The molecule has 8 nitrogen and oxygen atoms in total. The second-order valence-corrected chi connectivity index (χ2v) is 6.21. The lowest BCUT2D eigenvalue weighted by Crippen LogP contribution is -2.46. The standard InChI is InChI=1S/C18H22FN3O5/c1-4-18(5-2)16(25)22(17(26)21-18)10-14(23)27-11(3)15(24)20-13-9-7-6-8-12(13)19/h6-9,11H,4-5,10H2,1-3H3,(H,20,24)(H,21,26)/t11-/m1/s1. The van der Waals surface area contributed by atoms with E-state index >= 15 is 0 Å². The van der Waals surface area contributed by atoms with Crippen LogP contribution in [0.3, 0.4) is 0 Å². The van der Waals surface area contributed by atoms with Gasteiger partial charge in [-0.05, 0) is 31.9 Å². The van der Waals surface area contributed by atoms with Crippen molar-refractivity contribution in [1.82, 2.24) is 10.2 Å². The van der Waals surface area contributed by atoms with Crippen LogP contribution in [-0.2, 0) is 19.1 Å². The molecule has 1 atom stereocenters. The first-order valence-electron chi connectivity index (χ1n) is 8.63. The van der Waals surface area contributed by atoms with Crippen molar-refractivity contribution in [2.45, 2.75) is 45.3 Å². The molecule has 1 saturated heterocycles. The summed E-state index contributed by atoms with van der Waals surface area (Å²) >= 11 is 0. The summed E-state index contributed by atoms with van der Waals surface area (Å²) in [6.45, 7) is 4.23. The third-order valence-electron chi connectivity index (χ3n) is 4.55. The van der Waals surface area contributed by atoms with Gasteiger partial charge < -0.3 is 15.4 Å². The number of imide groups is 1. The van der Waals surface area contributed by atoms with Crippen molar-refractivity contribution in [2.24, 2.45) is 0 Å². The smallest absolute Gasteiger partial charge is 0.327 e. The van der Waals surface area contributed by atoms with E-state index in [1.165, 1.54) is 25.1 Å². The van der Waals surface area contributed by atoms with Crippen molar-refractivity contribution in [3.63, 3.8) is 0 Å². The van der Waals surface area contributed by atoms with Gasteiger partial charge in [-0.2, -0.15) is 0 Å². The second-order valence-electron chi connectivity index (χ2n) is 6.21. The number of nitrogens with one attached hydrogen (secondary N) is 2. The minimum atomic E-state index is -1.24. The van der Waals surface area contributed by atoms with Crippen molar-refractivity contribution in [2.75, 3.05) is 11.9 Å². The Morgan fingerprint density at radius 2 is 1.89 bits per heavy atom. The van der Waals surface area contributed by atoms with Gasteiger partial charge in [0.1, 0.15) is 17.9 Å². The number of para-hydroxylation sites is 1. The topological polar surface area (TPSA) is 105 Å². The molecular formula is C18H22FN3O5. The van der Waals surface area contributed by atoms with Gasteiger partial charge in [0.25, 0.3) is 11.8 Å². The van der Waals surface area contributed by atoms with E-state index in [1.54, 1.807) is 19.9 Å². The Bertz CT molecular complexity index is 763. The van der Waals surface area contributed by atoms with Crippen LogP contribution in [0.15, 0.2) is 24.3 Å². The first-order valence-corrected chi connectivity index (χ1v) is 8.63. The van der Waals surface area contributed by atoms with E-state index in [0.29, 0.717) is 12.8 Å². The van der Waals surface area contributed by atoms with Crippen LogP contribution in [0.25, 0.3) is 0 Å². The number of carbonyl (C=O) groups is 4. The Kier molecular flexibility index (Phi) is 6.14. The number of ether oxygens (including phenoxy) is 1. The van der Waals surface area contributed by atoms with E-state index in [0.717, 1.165) is 4.90 Å². The minimum absolute atomic E-state index is 0.0461. The lowest BCUT2D eigenvalue weighted by atomic mass is 9.93. The molecule has 1 heterocycles. The number of rotatable bonds is 7. The number of halogens is 1. The Balaban J connectivity index is 1.95. The number of amides is 4.